The number of aryl methyl sites for hydroxylation is 1. The van der Waals surface area contributed by atoms with Crippen LogP contribution in [0.5, 0.6) is 0 Å². The molecule has 148 valence electrons. The Bertz CT molecular complexity index is 962. The molecule has 2 amide bonds. The summed E-state index contributed by atoms with van der Waals surface area (Å²) in [4.78, 5) is 21.2. The van der Waals surface area contributed by atoms with Crippen LogP contribution < -0.4 is 5.32 Å². The van der Waals surface area contributed by atoms with Crippen molar-refractivity contribution in [2.24, 2.45) is 7.05 Å². The first kappa shape index (κ1) is 19.9. The Morgan fingerprint density at radius 3 is 2.43 bits per heavy atom. The minimum atomic E-state index is -0.188. The maximum Gasteiger partial charge on any atom is 0.318 e. The van der Waals surface area contributed by atoms with Gasteiger partial charge in [-0.25, -0.2) is 9.78 Å². The van der Waals surface area contributed by atoms with Crippen LogP contribution in [0.15, 0.2) is 48.5 Å². The van der Waals surface area contributed by atoms with Gasteiger partial charge in [0.25, 0.3) is 0 Å². The molecular formula is C22H29N5O. The van der Waals surface area contributed by atoms with Gasteiger partial charge in [-0.2, -0.15) is 0 Å². The molecule has 0 radical (unpaired) electrons. The number of hydrogen-bond acceptors (Lipinski definition) is 3. The summed E-state index contributed by atoms with van der Waals surface area (Å²) in [5, 5.41) is 3.06. The van der Waals surface area contributed by atoms with Crippen molar-refractivity contribution in [1.82, 2.24) is 24.7 Å². The third-order valence-electron chi connectivity index (χ3n) is 4.81. The van der Waals surface area contributed by atoms with Crippen molar-refractivity contribution in [1.29, 1.82) is 0 Å². The highest BCUT2D eigenvalue weighted by molar-refractivity contribution is 5.77. The standard InChI is InChI=1S/C22H29N5O/c1-16(21-24-19-11-6-7-12-20(19)27(21)5)23-22(28)26(4)15-18-10-8-9-17(13-18)14-25(2)3/h6-13,16H,14-15H2,1-5H3,(H,23,28). The SMILES string of the molecule is CC(NC(=O)N(C)Cc1cccc(CN(C)C)c1)c1nc2ccccc2n1C. The molecule has 28 heavy (non-hydrogen) atoms. The summed E-state index contributed by atoms with van der Waals surface area (Å²) in [6.45, 7) is 3.40. The second-order valence-corrected chi connectivity index (χ2v) is 7.60. The Kier molecular flexibility index (Phi) is 5.99. The summed E-state index contributed by atoms with van der Waals surface area (Å²) < 4.78 is 2.03. The molecule has 1 aromatic heterocycles. The first-order valence-corrected chi connectivity index (χ1v) is 9.50. The van der Waals surface area contributed by atoms with Gasteiger partial charge in [0, 0.05) is 27.2 Å². The smallest absolute Gasteiger partial charge is 0.318 e. The minimum absolute atomic E-state index is 0.113. The van der Waals surface area contributed by atoms with E-state index in [-0.39, 0.29) is 12.1 Å². The molecule has 3 aromatic rings. The molecule has 0 fully saturated rings. The zero-order valence-corrected chi connectivity index (χ0v) is 17.3. The number of urea groups is 1. The van der Waals surface area contributed by atoms with Crippen molar-refractivity contribution in [2.75, 3.05) is 21.1 Å². The summed E-state index contributed by atoms with van der Waals surface area (Å²) in [7, 11) is 7.90. The van der Waals surface area contributed by atoms with Crippen molar-refractivity contribution in [3.8, 4) is 0 Å². The van der Waals surface area contributed by atoms with E-state index >= 15 is 0 Å². The Morgan fingerprint density at radius 2 is 1.75 bits per heavy atom. The second-order valence-electron chi connectivity index (χ2n) is 7.60. The molecule has 1 heterocycles. The Balaban J connectivity index is 1.65. The number of imidazole rings is 1. The number of carbonyl (C=O) groups is 1. The monoisotopic (exact) mass is 379 g/mol. The number of nitrogens with zero attached hydrogens (tertiary/aromatic N) is 4. The van der Waals surface area contributed by atoms with Gasteiger partial charge in [-0.05, 0) is 44.3 Å². The van der Waals surface area contributed by atoms with Gasteiger partial charge in [0.05, 0.1) is 17.1 Å². The highest BCUT2D eigenvalue weighted by atomic mass is 16.2. The number of hydrogen-bond donors (Lipinski definition) is 1. The van der Waals surface area contributed by atoms with E-state index in [0.717, 1.165) is 29.0 Å². The molecular weight excluding hydrogens is 350 g/mol. The third kappa shape index (κ3) is 4.51. The number of amides is 2. The zero-order valence-electron chi connectivity index (χ0n) is 17.3. The molecule has 6 heteroatoms. The first-order valence-electron chi connectivity index (χ1n) is 9.50. The number of benzene rings is 2. The molecule has 0 aliphatic rings. The largest absolute Gasteiger partial charge is 0.329 e. The normalized spacial score (nSPS) is 12.4. The second kappa shape index (κ2) is 8.44. The molecule has 1 atom stereocenters. The van der Waals surface area contributed by atoms with Crippen molar-refractivity contribution in [3.05, 3.63) is 65.5 Å². The fourth-order valence-corrected chi connectivity index (χ4v) is 3.45. The highest BCUT2D eigenvalue weighted by Gasteiger charge is 2.18. The van der Waals surface area contributed by atoms with E-state index in [4.69, 9.17) is 0 Å². The van der Waals surface area contributed by atoms with Gasteiger partial charge in [-0.3, -0.25) is 0 Å². The fraction of sp³-hybridized carbons (Fsp3) is 0.364. The first-order chi connectivity index (χ1) is 13.3. The van der Waals surface area contributed by atoms with E-state index in [2.05, 4.69) is 47.5 Å². The van der Waals surface area contributed by atoms with Gasteiger partial charge in [0.2, 0.25) is 0 Å². The van der Waals surface area contributed by atoms with Crippen molar-refractivity contribution in [3.63, 3.8) is 0 Å². The van der Waals surface area contributed by atoms with E-state index < -0.39 is 0 Å². The van der Waals surface area contributed by atoms with Gasteiger partial charge < -0.3 is 19.7 Å². The van der Waals surface area contributed by atoms with Crippen molar-refractivity contribution in [2.45, 2.75) is 26.1 Å². The van der Waals surface area contributed by atoms with E-state index in [1.54, 1.807) is 4.90 Å². The summed E-state index contributed by atoms with van der Waals surface area (Å²) in [5.41, 5.74) is 4.36. The van der Waals surface area contributed by atoms with Gasteiger partial charge in [0.1, 0.15) is 5.82 Å². The average molecular weight is 380 g/mol. The van der Waals surface area contributed by atoms with Crippen molar-refractivity contribution >= 4 is 17.1 Å². The third-order valence-corrected chi connectivity index (χ3v) is 4.81. The van der Waals surface area contributed by atoms with E-state index in [1.165, 1.54) is 5.56 Å². The van der Waals surface area contributed by atoms with Crippen LogP contribution in [0.1, 0.15) is 29.9 Å². The lowest BCUT2D eigenvalue weighted by atomic mass is 10.1. The molecule has 2 aromatic carbocycles. The van der Waals surface area contributed by atoms with Crippen LogP contribution >= 0.6 is 0 Å². The van der Waals surface area contributed by atoms with Gasteiger partial charge in [-0.1, -0.05) is 36.4 Å². The van der Waals surface area contributed by atoms with E-state index in [1.807, 2.05) is 55.9 Å². The Labute approximate surface area is 166 Å². The highest BCUT2D eigenvalue weighted by Crippen LogP contribution is 2.19. The molecule has 0 aliphatic carbocycles. The van der Waals surface area contributed by atoms with Gasteiger partial charge in [0.15, 0.2) is 0 Å². The van der Waals surface area contributed by atoms with E-state index in [0.29, 0.717) is 6.54 Å². The van der Waals surface area contributed by atoms with Crippen LogP contribution in [-0.4, -0.2) is 46.5 Å². The molecule has 1 N–H and O–H groups in total. The lowest BCUT2D eigenvalue weighted by Gasteiger charge is -2.22. The molecule has 0 spiro atoms. The number of rotatable bonds is 6. The van der Waals surface area contributed by atoms with Crippen LogP contribution in [0.2, 0.25) is 0 Å². The molecule has 0 bridgehead atoms. The Morgan fingerprint density at radius 1 is 1.07 bits per heavy atom. The lowest BCUT2D eigenvalue weighted by Crippen LogP contribution is -2.38. The number of para-hydroxylation sites is 2. The van der Waals surface area contributed by atoms with E-state index in [9.17, 15) is 4.79 Å². The average Bonchev–Trinajstić information content (AvgIpc) is 2.98. The predicted molar refractivity (Wildman–Crippen MR) is 113 cm³/mol. The predicted octanol–water partition coefficient (Wildman–Crippen LogP) is 3.54. The maximum atomic E-state index is 12.7. The van der Waals surface area contributed by atoms with Crippen molar-refractivity contribution < 1.29 is 4.79 Å². The summed E-state index contributed by atoms with van der Waals surface area (Å²) in [5.74, 6) is 0.843. The van der Waals surface area contributed by atoms with Crippen LogP contribution in [0, 0.1) is 0 Å². The van der Waals surface area contributed by atoms with Gasteiger partial charge in [-0.15, -0.1) is 0 Å². The summed E-state index contributed by atoms with van der Waals surface area (Å²) in [6.07, 6.45) is 0. The lowest BCUT2D eigenvalue weighted by molar-refractivity contribution is 0.203. The van der Waals surface area contributed by atoms with Crippen LogP contribution in [-0.2, 0) is 20.1 Å². The van der Waals surface area contributed by atoms with Crippen LogP contribution in [0.3, 0.4) is 0 Å². The molecule has 1 unspecified atom stereocenters. The molecule has 0 aliphatic heterocycles. The Hall–Kier alpha value is -2.86. The number of carbonyl (C=O) groups excluding carboxylic acids is 1. The quantitative estimate of drug-likeness (QED) is 0.713. The number of aromatic nitrogens is 2. The number of nitrogens with one attached hydrogen (secondary N) is 1. The molecule has 0 saturated carbocycles. The zero-order chi connectivity index (χ0) is 20.3. The number of fused-ring (bicyclic) bond motifs is 1. The maximum absolute atomic E-state index is 12.7. The van der Waals surface area contributed by atoms with Gasteiger partial charge >= 0.3 is 6.03 Å². The topological polar surface area (TPSA) is 53.4 Å². The molecule has 3 rings (SSSR count). The fourth-order valence-electron chi connectivity index (χ4n) is 3.45. The molecule has 6 nitrogen and oxygen atoms in total. The van der Waals surface area contributed by atoms with Crippen LogP contribution in [0.4, 0.5) is 4.79 Å². The summed E-state index contributed by atoms with van der Waals surface area (Å²) >= 11 is 0. The minimum Gasteiger partial charge on any atom is -0.329 e. The molecule has 0 saturated heterocycles. The van der Waals surface area contributed by atoms with Crippen LogP contribution in [0.25, 0.3) is 11.0 Å². The summed E-state index contributed by atoms with van der Waals surface area (Å²) in [6, 6.07) is 16.0.